The molecule has 0 fully saturated rings. The van der Waals surface area contributed by atoms with Gasteiger partial charge in [-0.2, -0.15) is 0 Å². The number of benzene rings is 1. The molecule has 1 aromatic carbocycles. The number of carbonyl (C=O) groups is 1. The predicted molar refractivity (Wildman–Crippen MR) is 73.7 cm³/mol. The molecule has 1 aromatic rings. The van der Waals surface area contributed by atoms with Gasteiger partial charge in [-0.3, -0.25) is 4.79 Å². The number of nitrogens with one attached hydrogen (secondary N) is 1. The standard InChI is InChI=1S/C13H16F2N2OS/c14-10-4-3-5-11(15)9(10)8-13(18)17-7-2-1-6-12(16)19/h3-5H,1-2,6-8H2,(H2,16,19)(H,17,18). The van der Waals surface area contributed by atoms with E-state index in [1.165, 1.54) is 6.07 Å². The number of hydrogen-bond donors (Lipinski definition) is 2. The van der Waals surface area contributed by atoms with Crippen LogP contribution in [-0.2, 0) is 11.2 Å². The molecule has 0 bridgehead atoms. The van der Waals surface area contributed by atoms with Gasteiger partial charge in [-0.1, -0.05) is 18.3 Å². The molecule has 0 aliphatic rings. The fourth-order valence-electron chi connectivity index (χ4n) is 1.58. The number of amides is 1. The third kappa shape index (κ3) is 5.74. The van der Waals surface area contributed by atoms with Gasteiger partial charge in [-0.15, -0.1) is 0 Å². The van der Waals surface area contributed by atoms with Gasteiger partial charge in [0.05, 0.1) is 11.4 Å². The summed E-state index contributed by atoms with van der Waals surface area (Å²) in [6, 6.07) is 3.53. The van der Waals surface area contributed by atoms with E-state index in [0.717, 1.165) is 25.0 Å². The van der Waals surface area contributed by atoms with Crippen LogP contribution in [-0.4, -0.2) is 17.4 Å². The minimum atomic E-state index is -0.705. The molecule has 3 N–H and O–H groups in total. The fraction of sp³-hybridized carbons (Fsp3) is 0.385. The Bertz CT molecular complexity index is 446. The topological polar surface area (TPSA) is 55.1 Å². The zero-order chi connectivity index (χ0) is 14.3. The quantitative estimate of drug-likeness (QED) is 0.596. The van der Waals surface area contributed by atoms with E-state index < -0.39 is 17.5 Å². The van der Waals surface area contributed by atoms with Crippen molar-refractivity contribution in [1.82, 2.24) is 5.32 Å². The summed E-state index contributed by atoms with van der Waals surface area (Å²) in [5.41, 5.74) is 5.13. The third-order valence-electron chi connectivity index (χ3n) is 2.57. The maximum atomic E-state index is 13.3. The van der Waals surface area contributed by atoms with E-state index in [0.29, 0.717) is 18.0 Å². The summed E-state index contributed by atoms with van der Waals surface area (Å²) in [6.45, 7) is 0.442. The van der Waals surface area contributed by atoms with Gasteiger partial charge in [0.1, 0.15) is 11.6 Å². The number of thiocarbonyl (C=S) groups is 1. The normalized spacial score (nSPS) is 10.2. The van der Waals surface area contributed by atoms with E-state index in [1.807, 2.05) is 0 Å². The number of hydrogen-bond acceptors (Lipinski definition) is 2. The molecule has 0 atom stereocenters. The molecule has 0 aliphatic carbocycles. The average Bonchev–Trinajstić information content (AvgIpc) is 2.33. The molecule has 3 nitrogen and oxygen atoms in total. The van der Waals surface area contributed by atoms with Crippen molar-refractivity contribution in [3.63, 3.8) is 0 Å². The molecule has 104 valence electrons. The van der Waals surface area contributed by atoms with Crippen LogP contribution >= 0.6 is 12.2 Å². The first-order valence-electron chi connectivity index (χ1n) is 5.98. The highest BCUT2D eigenvalue weighted by Crippen LogP contribution is 2.12. The Kier molecular flexibility index (Phi) is 6.35. The first-order valence-corrected chi connectivity index (χ1v) is 6.39. The molecular weight excluding hydrogens is 270 g/mol. The van der Waals surface area contributed by atoms with Gasteiger partial charge in [0.15, 0.2) is 0 Å². The number of nitrogens with two attached hydrogens (primary N) is 1. The molecule has 0 spiro atoms. The van der Waals surface area contributed by atoms with Crippen molar-refractivity contribution in [2.45, 2.75) is 25.7 Å². The number of rotatable bonds is 7. The molecule has 0 saturated carbocycles. The molecule has 0 unspecified atom stereocenters. The second-order valence-corrected chi connectivity index (χ2v) is 4.67. The van der Waals surface area contributed by atoms with E-state index >= 15 is 0 Å². The largest absolute Gasteiger partial charge is 0.393 e. The lowest BCUT2D eigenvalue weighted by atomic mass is 10.1. The van der Waals surface area contributed by atoms with Gasteiger partial charge in [-0.25, -0.2) is 8.78 Å². The Morgan fingerprint density at radius 2 is 1.89 bits per heavy atom. The van der Waals surface area contributed by atoms with E-state index in [2.05, 4.69) is 5.32 Å². The molecule has 1 rings (SSSR count). The number of carbonyl (C=O) groups excluding carboxylic acids is 1. The van der Waals surface area contributed by atoms with Crippen LogP contribution < -0.4 is 11.1 Å². The van der Waals surface area contributed by atoms with Crippen molar-refractivity contribution in [3.05, 3.63) is 35.4 Å². The average molecular weight is 286 g/mol. The molecule has 0 radical (unpaired) electrons. The summed E-state index contributed by atoms with van der Waals surface area (Å²) in [7, 11) is 0. The maximum Gasteiger partial charge on any atom is 0.224 e. The van der Waals surface area contributed by atoms with Crippen LogP contribution in [0.25, 0.3) is 0 Å². The van der Waals surface area contributed by atoms with Gasteiger partial charge in [0.25, 0.3) is 0 Å². The Labute approximate surface area is 116 Å². The van der Waals surface area contributed by atoms with Crippen LogP contribution in [0.3, 0.4) is 0 Å². The SMILES string of the molecule is NC(=S)CCCCNC(=O)Cc1c(F)cccc1F. The Morgan fingerprint density at radius 1 is 1.26 bits per heavy atom. The lowest BCUT2D eigenvalue weighted by Gasteiger charge is -2.06. The smallest absolute Gasteiger partial charge is 0.224 e. The van der Waals surface area contributed by atoms with E-state index in [1.54, 1.807) is 0 Å². The van der Waals surface area contributed by atoms with Gasteiger partial charge < -0.3 is 11.1 Å². The van der Waals surface area contributed by atoms with Gasteiger partial charge in [0, 0.05) is 12.1 Å². The van der Waals surface area contributed by atoms with Crippen molar-refractivity contribution < 1.29 is 13.6 Å². The second-order valence-electron chi connectivity index (χ2n) is 4.15. The maximum absolute atomic E-state index is 13.3. The summed E-state index contributed by atoms with van der Waals surface area (Å²) in [5.74, 6) is -1.81. The highest BCUT2D eigenvalue weighted by molar-refractivity contribution is 7.80. The summed E-state index contributed by atoms with van der Waals surface area (Å²) in [5, 5.41) is 2.60. The fourth-order valence-corrected chi connectivity index (χ4v) is 1.72. The van der Waals surface area contributed by atoms with E-state index in [4.69, 9.17) is 18.0 Å². The number of halogens is 2. The highest BCUT2D eigenvalue weighted by atomic mass is 32.1. The highest BCUT2D eigenvalue weighted by Gasteiger charge is 2.12. The molecule has 1 amide bonds. The van der Waals surface area contributed by atoms with Crippen molar-refractivity contribution >= 4 is 23.1 Å². The number of unbranched alkanes of at least 4 members (excludes halogenated alkanes) is 1. The van der Waals surface area contributed by atoms with Crippen molar-refractivity contribution in [2.75, 3.05) is 6.54 Å². The molecule has 0 aliphatic heterocycles. The van der Waals surface area contributed by atoms with E-state index in [-0.39, 0.29) is 12.0 Å². The van der Waals surface area contributed by atoms with Crippen LogP contribution in [0.5, 0.6) is 0 Å². The zero-order valence-electron chi connectivity index (χ0n) is 10.4. The Morgan fingerprint density at radius 3 is 2.47 bits per heavy atom. The zero-order valence-corrected chi connectivity index (χ0v) is 11.2. The monoisotopic (exact) mass is 286 g/mol. The lowest BCUT2D eigenvalue weighted by Crippen LogP contribution is -2.27. The molecule has 0 saturated heterocycles. The molecular formula is C13H16F2N2OS. The van der Waals surface area contributed by atoms with Crippen molar-refractivity contribution in [3.8, 4) is 0 Å². The summed E-state index contributed by atoms with van der Waals surface area (Å²) in [6.07, 6.45) is 1.84. The predicted octanol–water partition coefficient (Wildman–Crippen LogP) is 2.08. The van der Waals surface area contributed by atoms with E-state index in [9.17, 15) is 13.6 Å². The first-order chi connectivity index (χ1) is 9.00. The second kappa shape index (κ2) is 7.78. The van der Waals surface area contributed by atoms with Crippen LogP contribution in [0.15, 0.2) is 18.2 Å². The van der Waals surface area contributed by atoms with Crippen molar-refractivity contribution in [2.24, 2.45) is 5.73 Å². The van der Waals surface area contributed by atoms with Gasteiger partial charge >= 0.3 is 0 Å². The lowest BCUT2D eigenvalue weighted by molar-refractivity contribution is -0.120. The van der Waals surface area contributed by atoms with Crippen LogP contribution in [0, 0.1) is 11.6 Å². The van der Waals surface area contributed by atoms with Gasteiger partial charge in [0.2, 0.25) is 5.91 Å². The Balaban J connectivity index is 2.33. The molecule has 19 heavy (non-hydrogen) atoms. The molecule has 0 heterocycles. The third-order valence-corrected chi connectivity index (χ3v) is 2.78. The van der Waals surface area contributed by atoms with Gasteiger partial charge in [-0.05, 0) is 31.4 Å². The van der Waals surface area contributed by atoms with Crippen LogP contribution in [0.2, 0.25) is 0 Å². The van der Waals surface area contributed by atoms with Crippen LogP contribution in [0.4, 0.5) is 8.78 Å². The summed E-state index contributed by atoms with van der Waals surface area (Å²) in [4.78, 5) is 12.0. The summed E-state index contributed by atoms with van der Waals surface area (Å²) < 4.78 is 26.6. The molecule has 6 heteroatoms. The van der Waals surface area contributed by atoms with Crippen LogP contribution in [0.1, 0.15) is 24.8 Å². The minimum Gasteiger partial charge on any atom is -0.393 e. The van der Waals surface area contributed by atoms with Crippen molar-refractivity contribution in [1.29, 1.82) is 0 Å². The molecule has 0 aromatic heterocycles. The summed E-state index contributed by atoms with van der Waals surface area (Å²) >= 11 is 4.72. The first kappa shape index (κ1) is 15.5. The Hall–Kier alpha value is -1.56. The minimum absolute atomic E-state index is 0.205.